The molecule has 344 valence electrons. The molecule has 2 atom stereocenters. The average Bonchev–Trinajstić information content (AvgIpc) is 3.99. The van der Waals surface area contributed by atoms with Crippen LogP contribution in [-0.4, -0.2) is 35.1 Å². The number of benzene rings is 4. The standard InChI is InChI=1S/C56H66N4O3.2ClH/c1-39(2)57-29-17-27-53(55-47-37-61-35-45(47)49(31-41-19-9-5-10-20-41)59-51(55)33-43-23-13-7-14-24-43)63-54(28-18-30-58-40(3)4)56-48-38-62-36-46(48)50(32-42-21-11-6-12-22-42)60-52(56)34-44-25-15-8-16-26-44;;/h5-16,19-26,39-40,53-54,57-58H,17-18,27-38H2,1-4H3;2*1H. The summed E-state index contributed by atoms with van der Waals surface area (Å²) in [5.74, 6) is 0. The summed E-state index contributed by atoms with van der Waals surface area (Å²) >= 11 is 0. The molecule has 7 nitrogen and oxygen atoms in total. The first-order valence-electron chi connectivity index (χ1n) is 23.4. The first-order chi connectivity index (χ1) is 30.9. The molecular weight excluding hydrogens is 848 g/mol. The molecule has 6 aromatic rings. The lowest BCUT2D eigenvalue weighted by molar-refractivity contribution is -0.0285. The van der Waals surface area contributed by atoms with E-state index in [0.717, 1.165) is 87.2 Å². The minimum Gasteiger partial charge on any atom is -0.372 e. The summed E-state index contributed by atoms with van der Waals surface area (Å²) in [7, 11) is 0. The van der Waals surface area contributed by atoms with Crippen LogP contribution in [-0.2, 0) is 66.3 Å². The topological polar surface area (TPSA) is 77.5 Å². The Labute approximate surface area is 400 Å². The van der Waals surface area contributed by atoms with E-state index in [1.807, 2.05) is 0 Å². The highest BCUT2D eigenvalue weighted by Crippen LogP contribution is 2.44. The first kappa shape index (κ1) is 50.0. The van der Waals surface area contributed by atoms with Gasteiger partial charge >= 0.3 is 0 Å². The Kier molecular flexibility index (Phi) is 19.2. The third kappa shape index (κ3) is 13.4. The number of rotatable bonds is 22. The second kappa shape index (κ2) is 24.9. The van der Waals surface area contributed by atoms with Crippen molar-refractivity contribution in [1.82, 2.24) is 20.6 Å². The van der Waals surface area contributed by atoms with Crippen molar-refractivity contribution >= 4 is 24.8 Å². The molecule has 0 saturated heterocycles. The molecule has 2 aromatic heterocycles. The Bertz CT molecular complexity index is 2200. The predicted molar refractivity (Wildman–Crippen MR) is 268 cm³/mol. The van der Waals surface area contributed by atoms with Gasteiger partial charge in [-0.15, -0.1) is 24.8 Å². The van der Waals surface area contributed by atoms with Gasteiger partial charge in [0.1, 0.15) is 0 Å². The van der Waals surface area contributed by atoms with E-state index in [-0.39, 0.29) is 37.0 Å². The number of aromatic nitrogens is 2. The fourth-order valence-electron chi connectivity index (χ4n) is 9.38. The van der Waals surface area contributed by atoms with Crippen LogP contribution in [0.1, 0.15) is 144 Å². The molecule has 4 aromatic carbocycles. The number of pyridine rings is 2. The zero-order valence-corrected chi connectivity index (χ0v) is 40.3. The van der Waals surface area contributed by atoms with Crippen molar-refractivity contribution in [3.8, 4) is 0 Å². The molecule has 0 aliphatic carbocycles. The van der Waals surface area contributed by atoms with Gasteiger partial charge in [0.05, 0.1) is 61.4 Å². The number of hydrogen-bond acceptors (Lipinski definition) is 7. The van der Waals surface area contributed by atoms with Gasteiger partial charge in [0.2, 0.25) is 0 Å². The predicted octanol–water partition coefficient (Wildman–Crippen LogP) is 12.1. The van der Waals surface area contributed by atoms with Crippen LogP contribution in [0.3, 0.4) is 0 Å². The van der Waals surface area contributed by atoms with E-state index in [0.29, 0.717) is 38.5 Å². The second-order valence-corrected chi connectivity index (χ2v) is 18.0. The maximum Gasteiger partial charge on any atom is 0.0855 e. The monoisotopic (exact) mass is 914 g/mol. The zero-order chi connectivity index (χ0) is 43.4. The van der Waals surface area contributed by atoms with E-state index >= 15 is 0 Å². The zero-order valence-electron chi connectivity index (χ0n) is 38.7. The molecule has 2 unspecified atom stereocenters. The molecule has 2 aliphatic heterocycles. The maximum atomic E-state index is 7.91. The molecule has 2 N–H and O–H groups in total. The molecule has 2 aliphatic rings. The number of fused-ring (bicyclic) bond motifs is 2. The van der Waals surface area contributed by atoms with Gasteiger partial charge < -0.3 is 24.8 Å². The minimum atomic E-state index is -0.221. The van der Waals surface area contributed by atoms with Crippen LogP contribution in [0.15, 0.2) is 121 Å². The number of halogens is 2. The van der Waals surface area contributed by atoms with E-state index < -0.39 is 0 Å². The molecule has 0 radical (unpaired) electrons. The minimum absolute atomic E-state index is 0. The molecular formula is C56H68Cl2N4O3. The maximum absolute atomic E-state index is 7.91. The molecule has 0 spiro atoms. The Hall–Kier alpha value is -4.44. The van der Waals surface area contributed by atoms with Crippen LogP contribution in [0.5, 0.6) is 0 Å². The van der Waals surface area contributed by atoms with Crippen molar-refractivity contribution in [2.24, 2.45) is 0 Å². The van der Waals surface area contributed by atoms with Crippen molar-refractivity contribution in [2.45, 2.75) is 130 Å². The van der Waals surface area contributed by atoms with Crippen molar-refractivity contribution in [3.63, 3.8) is 0 Å². The van der Waals surface area contributed by atoms with Crippen LogP contribution in [0.25, 0.3) is 0 Å². The summed E-state index contributed by atoms with van der Waals surface area (Å²) in [5.41, 5.74) is 16.8. The van der Waals surface area contributed by atoms with Gasteiger partial charge in [0.25, 0.3) is 0 Å². The SMILES string of the molecule is CC(C)NCCCC(OC(CCCNC(C)C)c1c(Cc2ccccc2)nc(Cc2ccccc2)c2c1COC2)c1c(Cc2ccccc2)nc(Cc2ccccc2)c2c1COC2.Cl.Cl. The lowest BCUT2D eigenvalue weighted by Gasteiger charge is -2.31. The second-order valence-electron chi connectivity index (χ2n) is 18.0. The highest BCUT2D eigenvalue weighted by atomic mass is 35.5. The summed E-state index contributed by atoms with van der Waals surface area (Å²) in [6, 6.07) is 43.9. The Morgan fingerprint density at radius 2 is 0.754 bits per heavy atom. The van der Waals surface area contributed by atoms with Gasteiger partial charge in [-0.25, -0.2) is 0 Å². The summed E-state index contributed by atoms with van der Waals surface area (Å²) in [6.45, 7) is 12.9. The van der Waals surface area contributed by atoms with Gasteiger partial charge in [-0.1, -0.05) is 149 Å². The third-order valence-electron chi connectivity index (χ3n) is 12.4. The fraction of sp³-hybridized carbons (Fsp3) is 0.393. The summed E-state index contributed by atoms with van der Waals surface area (Å²) in [4.78, 5) is 11.3. The highest BCUT2D eigenvalue weighted by molar-refractivity contribution is 5.85. The van der Waals surface area contributed by atoms with Crippen molar-refractivity contribution in [3.05, 3.63) is 200 Å². The van der Waals surface area contributed by atoms with Gasteiger partial charge in [0, 0.05) is 60.0 Å². The molecule has 4 heterocycles. The number of nitrogens with zero attached hydrogens (tertiary/aromatic N) is 2. The molecule has 0 saturated carbocycles. The fourth-order valence-corrected chi connectivity index (χ4v) is 9.38. The van der Waals surface area contributed by atoms with Crippen LogP contribution < -0.4 is 10.6 Å². The first-order valence-corrected chi connectivity index (χ1v) is 23.4. The third-order valence-corrected chi connectivity index (χ3v) is 12.4. The lowest BCUT2D eigenvalue weighted by atomic mass is 9.88. The van der Waals surface area contributed by atoms with Gasteiger partial charge in [-0.3, -0.25) is 9.97 Å². The van der Waals surface area contributed by atoms with Crippen LogP contribution in [0, 0.1) is 0 Å². The molecule has 0 fully saturated rings. The smallest absolute Gasteiger partial charge is 0.0855 e. The molecule has 8 rings (SSSR count). The van der Waals surface area contributed by atoms with Crippen LogP contribution >= 0.6 is 24.8 Å². The van der Waals surface area contributed by atoms with E-state index in [1.165, 1.54) is 55.6 Å². The van der Waals surface area contributed by atoms with Gasteiger partial charge in [0.15, 0.2) is 0 Å². The lowest BCUT2D eigenvalue weighted by Crippen LogP contribution is -2.26. The Morgan fingerprint density at radius 3 is 1.08 bits per heavy atom. The van der Waals surface area contributed by atoms with Gasteiger partial charge in [-0.05, 0) is 72.2 Å². The molecule has 9 heteroatoms. The molecule has 65 heavy (non-hydrogen) atoms. The van der Waals surface area contributed by atoms with Crippen molar-refractivity contribution in [1.29, 1.82) is 0 Å². The van der Waals surface area contributed by atoms with E-state index in [4.69, 9.17) is 24.2 Å². The molecule has 0 bridgehead atoms. The van der Waals surface area contributed by atoms with Gasteiger partial charge in [-0.2, -0.15) is 0 Å². The summed E-state index contributed by atoms with van der Waals surface area (Å²) in [6.07, 6.45) is 6.14. The van der Waals surface area contributed by atoms with Crippen LogP contribution in [0.4, 0.5) is 0 Å². The highest BCUT2D eigenvalue weighted by Gasteiger charge is 2.34. The van der Waals surface area contributed by atoms with Crippen LogP contribution in [0.2, 0.25) is 0 Å². The van der Waals surface area contributed by atoms with Crippen molar-refractivity contribution in [2.75, 3.05) is 13.1 Å². The Balaban J connectivity index is 0.00000350. The normalized spacial score (nSPS) is 13.9. The van der Waals surface area contributed by atoms with E-state index in [2.05, 4.69) is 160 Å². The average molecular weight is 916 g/mol. The largest absolute Gasteiger partial charge is 0.372 e. The summed E-state index contributed by atoms with van der Waals surface area (Å²) in [5, 5.41) is 7.40. The summed E-state index contributed by atoms with van der Waals surface area (Å²) < 4.78 is 20.7. The number of ether oxygens (including phenoxy) is 3. The number of hydrogen-bond donors (Lipinski definition) is 2. The number of nitrogens with one attached hydrogen (secondary N) is 2. The molecule has 0 amide bonds. The Morgan fingerprint density at radius 1 is 0.446 bits per heavy atom. The van der Waals surface area contributed by atoms with Crippen molar-refractivity contribution < 1.29 is 14.2 Å². The van der Waals surface area contributed by atoms with E-state index in [9.17, 15) is 0 Å². The van der Waals surface area contributed by atoms with E-state index in [1.54, 1.807) is 0 Å². The quantitative estimate of drug-likeness (QED) is 0.0657.